The van der Waals surface area contributed by atoms with Gasteiger partial charge in [-0.1, -0.05) is 48.5 Å². The number of methoxy groups -OCH3 is 1. The number of nitrogens with zero attached hydrogens (tertiary/aromatic N) is 3. The van der Waals surface area contributed by atoms with E-state index in [2.05, 4.69) is 29.4 Å². The van der Waals surface area contributed by atoms with Crippen LogP contribution in [0.1, 0.15) is 20.8 Å². The summed E-state index contributed by atoms with van der Waals surface area (Å²) >= 11 is 8.93. The van der Waals surface area contributed by atoms with Crippen molar-refractivity contribution in [3.63, 3.8) is 0 Å². The van der Waals surface area contributed by atoms with Crippen molar-refractivity contribution in [3.8, 4) is 5.75 Å². The zero-order chi connectivity index (χ0) is 21.8. The highest BCUT2D eigenvalue weighted by Gasteiger charge is 2.30. The van der Waals surface area contributed by atoms with E-state index < -0.39 is 22.0 Å². The van der Waals surface area contributed by atoms with Gasteiger partial charge in [-0.2, -0.15) is 0 Å². The van der Waals surface area contributed by atoms with Crippen LogP contribution in [0.5, 0.6) is 5.75 Å². The standard InChI is InChI=1S/C17H23ClN4O4S3/c1-10(2)9-27-17-21-20-16(28-17)19-15(23)11(3)22(29(5,24)25)12-6-7-14(26-4)13(18)8-12/h6-8,10-11H,9H2,1-5H3,(H,19,20,23). The minimum absolute atomic E-state index is 0.238. The summed E-state index contributed by atoms with van der Waals surface area (Å²) in [5.41, 5.74) is 0.256. The highest BCUT2D eigenvalue weighted by Crippen LogP contribution is 2.32. The number of benzene rings is 1. The lowest BCUT2D eigenvalue weighted by Crippen LogP contribution is -2.45. The molecule has 1 aromatic carbocycles. The minimum atomic E-state index is -3.77. The van der Waals surface area contributed by atoms with Crippen LogP contribution in [0, 0.1) is 5.92 Å². The molecule has 0 saturated heterocycles. The van der Waals surface area contributed by atoms with E-state index in [1.807, 2.05) is 0 Å². The molecule has 0 radical (unpaired) electrons. The fraction of sp³-hybridized carbons (Fsp3) is 0.471. The Morgan fingerprint density at radius 1 is 1.34 bits per heavy atom. The number of anilines is 2. The Hall–Kier alpha value is -1.56. The van der Waals surface area contributed by atoms with Gasteiger partial charge in [-0.25, -0.2) is 8.42 Å². The zero-order valence-electron chi connectivity index (χ0n) is 16.7. The SMILES string of the molecule is COc1ccc(N(C(C)C(=O)Nc2nnc(SCC(C)C)s2)S(C)(=O)=O)cc1Cl. The van der Waals surface area contributed by atoms with Gasteiger partial charge in [0.2, 0.25) is 21.1 Å². The summed E-state index contributed by atoms with van der Waals surface area (Å²) in [6, 6.07) is 3.48. The zero-order valence-corrected chi connectivity index (χ0v) is 19.9. The number of thioether (sulfide) groups is 1. The molecule has 0 saturated carbocycles. The number of amides is 1. The van der Waals surface area contributed by atoms with Crippen LogP contribution in [0.4, 0.5) is 10.8 Å². The monoisotopic (exact) mass is 478 g/mol. The lowest BCUT2D eigenvalue weighted by Gasteiger charge is -2.28. The fourth-order valence-corrected chi connectivity index (χ4v) is 5.52. The molecule has 0 aliphatic rings. The molecule has 0 spiro atoms. The van der Waals surface area contributed by atoms with Crippen LogP contribution >= 0.6 is 34.7 Å². The first-order valence-corrected chi connectivity index (χ1v) is 12.7. The number of halogens is 1. The first-order chi connectivity index (χ1) is 13.5. The Kier molecular flexibility index (Phi) is 8.15. The number of sulfonamides is 1. The normalized spacial score (nSPS) is 12.7. The first kappa shape index (κ1) is 23.7. The van der Waals surface area contributed by atoms with Crippen LogP contribution in [0.3, 0.4) is 0 Å². The third-order valence-corrected chi connectivity index (χ3v) is 7.59. The van der Waals surface area contributed by atoms with Crippen molar-refractivity contribution in [3.05, 3.63) is 23.2 Å². The molecule has 0 fully saturated rings. The highest BCUT2D eigenvalue weighted by molar-refractivity contribution is 8.01. The lowest BCUT2D eigenvalue weighted by atomic mass is 10.2. The summed E-state index contributed by atoms with van der Waals surface area (Å²) < 4.78 is 31.6. The van der Waals surface area contributed by atoms with Gasteiger partial charge < -0.3 is 4.74 Å². The molecule has 2 rings (SSSR count). The van der Waals surface area contributed by atoms with Crippen LogP contribution in [-0.2, 0) is 14.8 Å². The first-order valence-electron chi connectivity index (χ1n) is 8.63. The molecular weight excluding hydrogens is 456 g/mol. The van der Waals surface area contributed by atoms with Gasteiger partial charge >= 0.3 is 0 Å². The molecule has 1 N–H and O–H groups in total. The third-order valence-electron chi connectivity index (χ3n) is 3.66. The third kappa shape index (κ3) is 6.46. The maximum atomic E-state index is 12.7. The molecular formula is C17H23ClN4O4S3. The smallest absolute Gasteiger partial charge is 0.249 e. The van der Waals surface area contributed by atoms with Crippen LogP contribution in [-0.4, -0.2) is 49.7 Å². The van der Waals surface area contributed by atoms with Gasteiger partial charge in [-0.05, 0) is 31.0 Å². The molecule has 0 aliphatic heterocycles. The summed E-state index contributed by atoms with van der Waals surface area (Å²) in [6.07, 6.45) is 1.03. The average molecular weight is 479 g/mol. The van der Waals surface area contributed by atoms with Gasteiger partial charge in [0, 0.05) is 5.75 Å². The van der Waals surface area contributed by atoms with E-state index in [1.54, 1.807) is 17.8 Å². The Balaban J connectivity index is 2.20. The molecule has 12 heteroatoms. The topological polar surface area (TPSA) is 101 Å². The molecule has 0 bridgehead atoms. The summed E-state index contributed by atoms with van der Waals surface area (Å²) in [7, 11) is -2.31. The fourth-order valence-electron chi connectivity index (χ4n) is 2.37. The Labute approximate surface area is 184 Å². The molecule has 1 heterocycles. The van der Waals surface area contributed by atoms with Crippen LogP contribution in [0.25, 0.3) is 0 Å². The predicted molar refractivity (Wildman–Crippen MR) is 119 cm³/mol. The molecule has 1 aromatic heterocycles. The van der Waals surface area contributed by atoms with Gasteiger partial charge in [-0.3, -0.25) is 14.4 Å². The number of rotatable bonds is 9. The largest absolute Gasteiger partial charge is 0.495 e. The molecule has 0 aliphatic carbocycles. The number of ether oxygens (including phenoxy) is 1. The van der Waals surface area contributed by atoms with E-state index in [1.165, 1.54) is 37.5 Å². The number of hydrogen-bond acceptors (Lipinski definition) is 8. The minimum Gasteiger partial charge on any atom is -0.495 e. The number of aromatic nitrogens is 2. The van der Waals surface area contributed by atoms with E-state index in [4.69, 9.17) is 16.3 Å². The number of carbonyl (C=O) groups is 1. The van der Waals surface area contributed by atoms with Crippen molar-refractivity contribution in [2.24, 2.45) is 5.92 Å². The van der Waals surface area contributed by atoms with Gasteiger partial charge in [0.05, 0.1) is 24.1 Å². The van der Waals surface area contributed by atoms with Crippen LogP contribution < -0.4 is 14.4 Å². The Morgan fingerprint density at radius 2 is 2.03 bits per heavy atom. The van der Waals surface area contributed by atoms with Gasteiger partial charge in [0.1, 0.15) is 11.8 Å². The van der Waals surface area contributed by atoms with Crippen molar-refractivity contribution in [1.29, 1.82) is 0 Å². The van der Waals surface area contributed by atoms with E-state index in [0.29, 0.717) is 16.8 Å². The molecule has 29 heavy (non-hydrogen) atoms. The van der Waals surface area contributed by atoms with Crippen molar-refractivity contribution < 1.29 is 17.9 Å². The summed E-state index contributed by atoms with van der Waals surface area (Å²) in [5, 5.41) is 11.2. The highest BCUT2D eigenvalue weighted by atomic mass is 35.5. The maximum absolute atomic E-state index is 12.7. The van der Waals surface area contributed by atoms with Gasteiger partial charge in [-0.15, -0.1) is 10.2 Å². The molecule has 1 unspecified atom stereocenters. The van der Waals surface area contributed by atoms with E-state index in [0.717, 1.165) is 20.7 Å². The van der Waals surface area contributed by atoms with Crippen molar-refractivity contribution >= 4 is 61.4 Å². The maximum Gasteiger partial charge on any atom is 0.249 e. The molecule has 1 amide bonds. The van der Waals surface area contributed by atoms with Gasteiger partial charge in [0.25, 0.3) is 0 Å². The lowest BCUT2D eigenvalue weighted by molar-refractivity contribution is -0.116. The molecule has 160 valence electrons. The van der Waals surface area contributed by atoms with E-state index >= 15 is 0 Å². The van der Waals surface area contributed by atoms with E-state index in [-0.39, 0.29) is 10.7 Å². The molecule has 8 nitrogen and oxygen atoms in total. The van der Waals surface area contributed by atoms with Gasteiger partial charge in [0.15, 0.2) is 4.34 Å². The Morgan fingerprint density at radius 3 is 2.59 bits per heavy atom. The molecule has 2 aromatic rings. The predicted octanol–water partition coefficient (Wildman–Crippen LogP) is 3.74. The quantitative estimate of drug-likeness (QED) is 0.432. The average Bonchev–Trinajstić information content (AvgIpc) is 3.06. The summed E-state index contributed by atoms with van der Waals surface area (Å²) in [4.78, 5) is 12.7. The van der Waals surface area contributed by atoms with Crippen LogP contribution in [0.2, 0.25) is 5.02 Å². The summed E-state index contributed by atoms with van der Waals surface area (Å²) in [6.45, 7) is 5.69. The second-order valence-electron chi connectivity index (χ2n) is 6.62. The number of hydrogen-bond donors (Lipinski definition) is 1. The summed E-state index contributed by atoms with van der Waals surface area (Å²) in [5.74, 6) is 1.26. The number of nitrogens with one attached hydrogen (secondary N) is 1. The second kappa shape index (κ2) is 9.96. The second-order valence-corrected chi connectivity index (χ2v) is 11.1. The Bertz CT molecular complexity index is 965. The van der Waals surface area contributed by atoms with Crippen LogP contribution in [0.15, 0.2) is 22.5 Å². The number of carbonyl (C=O) groups excluding carboxylic acids is 1. The van der Waals surface area contributed by atoms with E-state index in [9.17, 15) is 13.2 Å². The van der Waals surface area contributed by atoms with Crippen molar-refractivity contribution in [2.45, 2.75) is 31.2 Å². The molecule has 1 atom stereocenters. The van der Waals surface area contributed by atoms with Crippen molar-refractivity contribution in [2.75, 3.05) is 28.7 Å². The van der Waals surface area contributed by atoms with Crippen molar-refractivity contribution in [1.82, 2.24) is 10.2 Å².